The molecule has 1 aromatic carbocycles. The highest BCUT2D eigenvalue weighted by Gasteiger charge is 2.10. The molecule has 1 aromatic heterocycles. The average molecular weight is 415 g/mol. The molecule has 0 aliphatic rings. The summed E-state index contributed by atoms with van der Waals surface area (Å²) in [5.74, 6) is 1.99. The van der Waals surface area contributed by atoms with Gasteiger partial charge in [-0.25, -0.2) is 9.98 Å². The van der Waals surface area contributed by atoms with E-state index < -0.39 is 6.10 Å². The number of hydrogen-bond donors (Lipinski definition) is 3. The third-order valence-electron chi connectivity index (χ3n) is 4.00. The fourth-order valence-electron chi connectivity index (χ4n) is 2.71. The van der Waals surface area contributed by atoms with Gasteiger partial charge in [-0.05, 0) is 57.9 Å². The van der Waals surface area contributed by atoms with E-state index in [4.69, 9.17) is 9.47 Å². The Bertz CT molecular complexity index is 791. The third kappa shape index (κ3) is 8.29. The van der Waals surface area contributed by atoms with Crippen molar-refractivity contribution in [2.24, 2.45) is 4.99 Å². The lowest BCUT2D eigenvalue weighted by Crippen LogP contribution is -2.39. The average Bonchev–Trinajstić information content (AvgIpc) is 2.70. The third-order valence-corrected chi connectivity index (χ3v) is 4.00. The van der Waals surface area contributed by atoms with E-state index in [0.29, 0.717) is 24.9 Å². The van der Waals surface area contributed by atoms with Crippen LogP contribution in [0.4, 0.5) is 0 Å². The van der Waals surface area contributed by atoms with Crippen molar-refractivity contribution in [3.63, 3.8) is 0 Å². The first-order valence-electron chi connectivity index (χ1n) is 10.5. The zero-order valence-corrected chi connectivity index (χ0v) is 18.6. The van der Waals surface area contributed by atoms with Crippen LogP contribution in [0.3, 0.4) is 0 Å². The van der Waals surface area contributed by atoms with Crippen LogP contribution in [0, 0.1) is 0 Å². The molecule has 3 N–H and O–H groups in total. The van der Waals surface area contributed by atoms with Gasteiger partial charge in [-0.3, -0.25) is 0 Å². The lowest BCUT2D eigenvalue weighted by molar-refractivity contribution is 0.179. The molecule has 7 nitrogen and oxygen atoms in total. The Kier molecular flexibility index (Phi) is 9.41. The second kappa shape index (κ2) is 12.0. The minimum Gasteiger partial charge on any atom is -0.491 e. The van der Waals surface area contributed by atoms with Crippen LogP contribution in [0.25, 0.3) is 0 Å². The molecule has 0 bridgehead atoms. The summed E-state index contributed by atoms with van der Waals surface area (Å²) in [5, 5.41) is 16.9. The van der Waals surface area contributed by atoms with E-state index in [9.17, 15) is 5.11 Å². The summed E-state index contributed by atoms with van der Waals surface area (Å²) in [6.07, 6.45) is 1.26. The van der Waals surface area contributed by atoms with Gasteiger partial charge in [-0.15, -0.1) is 0 Å². The number of aliphatic imine (C=N–C) groups is 1. The van der Waals surface area contributed by atoms with Crippen LogP contribution in [0.15, 0.2) is 47.6 Å². The van der Waals surface area contributed by atoms with Gasteiger partial charge < -0.3 is 25.2 Å². The second-order valence-corrected chi connectivity index (χ2v) is 7.50. The van der Waals surface area contributed by atoms with Gasteiger partial charge >= 0.3 is 0 Å². The van der Waals surface area contributed by atoms with E-state index in [1.54, 1.807) is 6.20 Å². The first-order valence-corrected chi connectivity index (χ1v) is 10.5. The number of nitrogens with one attached hydrogen (secondary N) is 2. The van der Waals surface area contributed by atoms with Crippen molar-refractivity contribution < 1.29 is 14.6 Å². The number of hydrogen-bond acceptors (Lipinski definition) is 5. The highest BCUT2D eigenvalue weighted by molar-refractivity contribution is 5.79. The van der Waals surface area contributed by atoms with Crippen LogP contribution in [0.1, 0.15) is 51.8 Å². The Morgan fingerprint density at radius 3 is 2.47 bits per heavy atom. The number of ether oxygens (including phenoxy) is 2. The fourth-order valence-corrected chi connectivity index (χ4v) is 2.71. The number of pyridine rings is 1. The Morgan fingerprint density at radius 2 is 1.83 bits per heavy atom. The molecule has 2 aromatic rings. The molecule has 0 saturated heterocycles. The highest BCUT2D eigenvalue weighted by atomic mass is 16.5. The number of nitrogens with zero attached hydrogens (tertiary/aromatic N) is 2. The van der Waals surface area contributed by atoms with Crippen LogP contribution in [-0.2, 0) is 6.54 Å². The number of guanidine groups is 1. The molecule has 30 heavy (non-hydrogen) atoms. The van der Waals surface area contributed by atoms with Crippen molar-refractivity contribution in [1.82, 2.24) is 15.6 Å². The summed E-state index contributed by atoms with van der Waals surface area (Å²) in [5.41, 5.74) is 1.77. The number of benzene rings is 1. The molecule has 1 atom stereocenters. The van der Waals surface area contributed by atoms with Gasteiger partial charge in [-0.2, -0.15) is 0 Å². The molecule has 1 heterocycles. The highest BCUT2D eigenvalue weighted by Crippen LogP contribution is 2.20. The molecule has 7 heteroatoms. The van der Waals surface area contributed by atoms with Crippen molar-refractivity contribution in [1.29, 1.82) is 0 Å². The van der Waals surface area contributed by atoms with Gasteiger partial charge in [0.25, 0.3) is 0 Å². The van der Waals surface area contributed by atoms with Crippen molar-refractivity contribution in [2.75, 3.05) is 13.1 Å². The smallest absolute Gasteiger partial charge is 0.213 e. The van der Waals surface area contributed by atoms with Crippen LogP contribution in [-0.4, -0.2) is 41.3 Å². The number of aliphatic hydroxyl groups excluding tert-OH is 1. The van der Waals surface area contributed by atoms with Gasteiger partial charge in [0.1, 0.15) is 5.75 Å². The molecule has 0 saturated carbocycles. The standard InChI is InChI=1S/C23H34N4O3/c1-6-24-23(26-14-18-10-11-22(25-13-18)30-17(4)5)27-15-21(28)19-8-7-9-20(12-19)29-16(2)3/h7-13,16-17,21,28H,6,14-15H2,1-5H3,(H2,24,26,27). The quantitative estimate of drug-likeness (QED) is 0.408. The zero-order chi connectivity index (χ0) is 21.9. The fraction of sp³-hybridized carbons (Fsp3) is 0.478. The monoisotopic (exact) mass is 414 g/mol. The van der Waals surface area contributed by atoms with Gasteiger partial charge in [0.15, 0.2) is 5.96 Å². The number of aliphatic hydroxyl groups is 1. The second-order valence-electron chi connectivity index (χ2n) is 7.50. The maximum Gasteiger partial charge on any atom is 0.213 e. The normalized spacial score (nSPS) is 12.7. The van der Waals surface area contributed by atoms with E-state index in [2.05, 4.69) is 20.6 Å². The van der Waals surface area contributed by atoms with Crippen LogP contribution in [0.2, 0.25) is 0 Å². The Balaban J connectivity index is 1.94. The molecule has 0 radical (unpaired) electrons. The largest absolute Gasteiger partial charge is 0.491 e. The van der Waals surface area contributed by atoms with E-state index in [-0.39, 0.29) is 12.2 Å². The topological polar surface area (TPSA) is 88.0 Å². The van der Waals surface area contributed by atoms with Gasteiger partial charge in [-0.1, -0.05) is 18.2 Å². The van der Waals surface area contributed by atoms with Gasteiger partial charge in [0.2, 0.25) is 5.88 Å². The van der Waals surface area contributed by atoms with Crippen LogP contribution >= 0.6 is 0 Å². The molecule has 0 spiro atoms. The minimum atomic E-state index is -0.682. The van der Waals surface area contributed by atoms with E-state index in [1.165, 1.54) is 0 Å². The maximum atomic E-state index is 10.6. The molecule has 1 unspecified atom stereocenters. The SMILES string of the molecule is CCNC(=NCc1ccc(OC(C)C)nc1)NCC(O)c1cccc(OC(C)C)c1. The molecular formula is C23H34N4O3. The lowest BCUT2D eigenvalue weighted by Gasteiger charge is -2.17. The minimum absolute atomic E-state index is 0.0866. The summed E-state index contributed by atoms with van der Waals surface area (Å²) in [7, 11) is 0. The summed E-state index contributed by atoms with van der Waals surface area (Å²) in [6, 6.07) is 11.3. The molecule has 2 rings (SSSR count). The molecular weight excluding hydrogens is 380 g/mol. The Hall–Kier alpha value is -2.80. The van der Waals surface area contributed by atoms with E-state index in [0.717, 1.165) is 23.4 Å². The molecule has 0 amide bonds. The molecule has 164 valence electrons. The first-order chi connectivity index (χ1) is 14.4. The van der Waals surface area contributed by atoms with E-state index >= 15 is 0 Å². The molecule has 0 aliphatic heterocycles. The Morgan fingerprint density at radius 1 is 1.07 bits per heavy atom. The summed E-state index contributed by atoms with van der Waals surface area (Å²) >= 11 is 0. The van der Waals surface area contributed by atoms with E-state index in [1.807, 2.05) is 71.0 Å². The van der Waals surface area contributed by atoms with Crippen molar-refractivity contribution in [3.05, 3.63) is 53.7 Å². The van der Waals surface area contributed by atoms with Crippen molar-refractivity contribution >= 4 is 5.96 Å². The first kappa shape index (κ1) is 23.5. The maximum absolute atomic E-state index is 10.6. The van der Waals surface area contributed by atoms with Crippen LogP contribution in [0.5, 0.6) is 11.6 Å². The Labute approximate surface area is 179 Å². The predicted octanol–water partition coefficient (Wildman–Crippen LogP) is 3.44. The number of aromatic nitrogens is 1. The zero-order valence-electron chi connectivity index (χ0n) is 18.6. The van der Waals surface area contributed by atoms with Crippen molar-refractivity contribution in [3.8, 4) is 11.6 Å². The predicted molar refractivity (Wildman–Crippen MR) is 120 cm³/mol. The summed E-state index contributed by atoms with van der Waals surface area (Å²) in [4.78, 5) is 8.88. The van der Waals surface area contributed by atoms with Gasteiger partial charge in [0.05, 0.1) is 24.9 Å². The molecule has 0 aliphatic carbocycles. The summed E-state index contributed by atoms with van der Waals surface area (Å²) in [6.45, 7) is 11.4. The lowest BCUT2D eigenvalue weighted by atomic mass is 10.1. The number of rotatable bonds is 10. The molecule has 0 fully saturated rings. The summed E-state index contributed by atoms with van der Waals surface area (Å²) < 4.78 is 11.3. The van der Waals surface area contributed by atoms with Gasteiger partial charge in [0, 0.05) is 25.4 Å². The van der Waals surface area contributed by atoms with Crippen LogP contribution < -0.4 is 20.1 Å². The van der Waals surface area contributed by atoms with Crippen molar-refractivity contribution in [2.45, 2.75) is 59.5 Å².